The maximum Gasteiger partial charge on any atom is 0.191 e. The van der Waals surface area contributed by atoms with Gasteiger partial charge in [0, 0.05) is 42.2 Å². The molecule has 32 heavy (non-hydrogen) atoms. The number of rotatable bonds is 6. The highest BCUT2D eigenvalue weighted by atomic mass is 127. The van der Waals surface area contributed by atoms with Crippen molar-refractivity contribution in [1.29, 1.82) is 0 Å². The van der Waals surface area contributed by atoms with E-state index in [-0.39, 0.29) is 30.1 Å². The van der Waals surface area contributed by atoms with Gasteiger partial charge in [-0.3, -0.25) is 4.99 Å². The minimum atomic E-state index is -0.575. The Hall–Kier alpha value is -1.68. The molecule has 7 heteroatoms. The molecule has 4 rings (SSSR count). The van der Waals surface area contributed by atoms with Gasteiger partial charge in [0.25, 0.3) is 0 Å². The number of aliphatic hydroxyl groups excluding tert-OH is 1. The summed E-state index contributed by atoms with van der Waals surface area (Å²) in [6, 6.07) is 18.9. The van der Waals surface area contributed by atoms with Crippen molar-refractivity contribution in [2.45, 2.75) is 32.0 Å². The molecule has 0 spiro atoms. The summed E-state index contributed by atoms with van der Waals surface area (Å²) in [6.07, 6.45) is 1.72. The average molecular weight is 566 g/mol. The third kappa shape index (κ3) is 6.21. The van der Waals surface area contributed by atoms with Gasteiger partial charge in [-0.1, -0.05) is 48.0 Å². The monoisotopic (exact) mass is 565 g/mol. The predicted molar refractivity (Wildman–Crippen MR) is 144 cm³/mol. The van der Waals surface area contributed by atoms with Crippen molar-refractivity contribution in [2.75, 3.05) is 26.7 Å². The lowest BCUT2D eigenvalue weighted by Crippen LogP contribution is -2.43. The molecule has 0 aliphatic carbocycles. The van der Waals surface area contributed by atoms with E-state index in [1.807, 2.05) is 12.1 Å². The topological polar surface area (TPSA) is 65.9 Å². The second-order valence-corrected chi connectivity index (χ2v) is 9.26. The number of aliphatic imine (C=N–C) groups is 1. The maximum atomic E-state index is 10.6. The molecule has 3 aromatic rings. The number of aryl methyl sites for hydroxylation is 1. The molecule has 1 aromatic heterocycles. The third-order valence-electron chi connectivity index (χ3n) is 5.84. The molecule has 0 saturated carbocycles. The average Bonchev–Trinajstić information content (AvgIpc) is 3.24. The van der Waals surface area contributed by atoms with E-state index < -0.39 is 6.10 Å². The van der Waals surface area contributed by atoms with Crippen LogP contribution in [0.25, 0.3) is 10.1 Å². The Bertz CT molecular complexity index is 988. The van der Waals surface area contributed by atoms with Gasteiger partial charge in [0.15, 0.2) is 5.96 Å². The highest BCUT2D eigenvalue weighted by Crippen LogP contribution is 2.33. The van der Waals surface area contributed by atoms with Crippen LogP contribution in [-0.4, -0.2) is 37.8 Å². The fourth-order valence-electron chi connectivity index (χ4n) is 4.09. The molecule has 0 bridgehead atoms. The first-order valence-corrected chi connectivity index (χ1v) is 11.7. The van der Waals surface area contributed by atoms with E-state index in [0.717, 1.165) is 30.9 Å². The Morgan fingerprint density at radius 3 is 2.72 bits per heavy atom. The van der Waals surface area contributed by atoms with Crippen LogP contribution in [0.4, 0.5) is 0 Å². The van der Waals surface area contributed by atoms with Crippen molar-refractivity contribution < 1.29 is 9.84 Å². The van der Waals surface area contributed by atoms with Crippen molar-refractivity contribution in [3.63, 3.8) is 0 Å². The van der Waals surface area contributed by atoms with Gasteiger partial charge < -0.3 is 20.5 Å². The Balaban J connectivity index is 0.00000289. The fourth-order valence-corrected chi connectivity index (χ4v) is 5.14. The van der Waals surface area contributed by atoms with Gasteiger partial charge in [0.2, 0.25) is 0 Å². The summed E-state index contributed by atoms with van der Waals surface area (Å²) in [4.78, 5) is 5.30. The van der Waals surface area contributed by atoms with Gasteiger partial charge in [-0.2, -0.15) is 0 Å². The number of nitrogens with one attached hydrogen (secondary N) is 2. The molecule has 0 amide bonds. The van der Waals surface area contributed by atoms with E-state index in [1.165, 1.54) is 21.2 Å². The van der Waals surface area contributed by atoms with Gasteiger partial charge in [-0.25, -0.2) is 0 Å². The number of aliphatic hydroxyl groups is 1. The summed E-state index contributed by atoms with van der Waals surface area (Å²) in [6.45, 7) is 4.10. The molecule has 172 valence electrons. The second-order valence-electron chi connectivity index (χ2n) is 8.14. The molecule has 1 fully saturated rings. The number of hydrogen-bond acceptors (Lipinski definition) is 4. The van der Waals surface area contributed by atoms with Crippen LogP contribution in [0.5, 0.6) is 0 Å². The van der Waals surface area contributed by atoms with Gasteiger partial charge >= 0.3 is 0 Å². The smallest absolute Gasteiger partial charge is 0.191 e. The Morgan fingerprint density at radius 1 is 1.19 bits per heavy atom. The van der Waals surface area contributed by atoms with Crippen molar-refractivity contribution in [3.05, 3.63) is 70.6 Å². The Kier molecular flexibility index (Phi) is 9.34. The molecule has 1 saturated heterocycles. The lowest BCUT2D eigenvalue weighted by Gasteiger charge is -2.32. The molecule has 0 radical (unpaired) electrons. The summed E-state index contributed by atoms with van der Waals surface area (Å²) in [5, 5.41) is 18.5. The first kappa shape index (κ1) is 25.0. The number of benzene rings is 2. The number of fused-ring (bicyclic) bond motifs is 1. The Labute approximate surface area is 211 Å². The van der Waals surface area contributed by atoms with E-state index in [4.69, 9.17) is 4.74 Å². The van der Waals surface area contributed by atoms with Crippen molar-refractivity contribution in [3.8, 4) is 0 Å². The zero-order chi connectivity index (χ0) is 21.6. The van der Waals surface area contributed by atoms with Gasteiger partial charge in [-0.15, -0.1) is 35.3 Å². The number of nitrogens with zero attached hydrogens (tertiary/aromatic N) is 1. The second kappa shape index (κ2) is 12.0. The van der Waals surface area contributed by atoms with Crippen LogP contribution >= 0.6 is 35.3 Å². The standard InChI is InChI=1S/C25H31N3O2S.HI/c1-17-9-11-18(12-10-17)24-20(7-5-13-30-24)15-27-25(26-2)28-16-21(29)23-14-19-6-3-4-8-22(19)31-23;/h3-4,6,8-12,14,20-21,24,29H,5,7,13,15-16H2,1-2H3,(H2,26,27,28);1H. The van der Waals surface area contributed by atoms with Crippen LogP contribution in [0.2, 0.25) is 0 Å². The zero-order valence-corrected chi connectivity index (χ0v) is 21.7. The molecule has 5 nitrogen and oxygen atoms in total. The van der Waals surface area contributed by atoms with Crippen LogP contribution in [0.3, 0.4) is 0 Å². The van der Waals surface area contributed by atoms with E-state index in [0.29, 0.717) is 18.4 Å². The molecular formula is C25H32IN3O2S. The lowest BCUT2D eigenvalue weighted by molar-refractivity contribution is -0.0265. The summed E-state index contributed by atoms with van der Waals surface area (Å²) >= 11 is 1.63. The zero-order valence-electron chi connectivity index (χ0n) is 18.6. The summed E-state index contributed by atoms with van der Waals surface area (Å²) in [7, 11) is 1.76. The van der Waals surface area contributed by atoms with E-state index in [9.17, 15) is 5.11 Å². The number of guanidine groups is 1. The highest BCUT2D eigenvalue weighted by molar-refractivity contribution is 14.0. The van der Waals surface area contributed by atoms with Crippen molar-refractivity contribution in [2.24, 2.45) is 10.9 Å². The number of halogens is 1. The first-order valence-electron chi connectivity index (χ1n) is 10.9. The van der Waals surface area contributed by atoms with E-state index >= 15 is 0 Å². The summed E-state index contributed by atoms with van der Waals surface area (Å²) in [5.74, 6) is 1.08. The van der Waals surface area contributed by atoms with Crippen LogP contribution in [0, 0.1) is 12.8 Å². The normalized spacial score (nSPS) is 19.9. The Morgan fingerprint density at radius 2 is 1.97 bits per heavy atom. The van der Waals surface area contributed by atoms with Crippen molar-refractivity contribution >= 4 is 51.4 Å². The fraction of sp³-hybridized carbons (Fsp3) is 0.400. The summed E-state index contributed by atoms with van der Waals surface area (Å²) < 4.78 is 7.32. The number of thiophene rings is 1. The predicted octanol–water partition coefficient (Wildman–Crippen LogP) is 5.19. The molecule has 1 aliphatic heterocycles. The van der Waals surface area contributed by atoms with Gasteiger partial charge in [-0.05, 0) is 42.8 Å². The number of hydrogen-bond donors (Lipinski definition) is 3. The lowest BCUT2D eigenvalue weighted by atomic mass is 9.89. The van der Waals surface area contributed by atoms with E-state index in [2.05, 4.69) is 65.0 Å². The van der Waals surface area contributed by atoms with Crippen molar-refractivity contribution in [1.82, 2.24) is 10.6 Å². The van der Waals surface area contributed by atoms with Crippen LogP contribution in [0.15, 0.2) is 59.6 Å². The third-order valence-corrected chi connectivity index (χ3v) is 7.06. The molecule has 3 N–H and O–H groups in total. The quantitative estimate of drug-likeness (QED) is 0.219. The first-order chi connectivity index (χ1) is 15.1. The minimum Gasteiger partial charge on any atom is -0.386 e. The highest BCUT2D eigenvalue weighted by Gasteiger charge is 2.27. The summed E-state index contributed by atoms with van der Waals surface area (Å²) in [5.41, 5.74) is 2.50. The van der Waals surface area contributed by atoms with Crippen LogP contribution in [0.1, 0.15) is 41.1 Å². The maximum absolute atomic E-state index is 10.6. The van der Waals surface area contributed by atoms with Gasteiger partial charge in [0.1, 0.15) is 6.10 Å². The largest absolute Gasteiger partial charge is 0.386 e. The minimum absolute atomic E-state index is 0. The molecule has 1 aliphatic rings. The van der Waals surface area contributed by atoms with Gasteiger partial charge in [0.05, 0.1) is 6.10 Å². The van der Waals surface area contributed by atoms with E-state index in [1.54, 1.807) is 18.4 Å². The van der Waals surface area contributed by atoms with Crippen LogP contribution in [-0.2, 0) is 4.74 Å². The molecule has 3 unspecified atom stereocenters. The molecule has 2 aromatic carbocycles. The SMILES string of the molecule is CN=C(NCC(O)c1cc2ccccc2s1)NCC1CCCOC1c1ccc(C)cc1.I. The molecular weight excluding hydrogens is 533 g/mol. The number of ether oxygens (including phenoxy) is 1. The molecule has 2 heterocycles. The molecule has 3 atom stereocenters. The van der Waals surface area contributed by atoms with Crippen LogP contribution < -0.4 is 10.6 Å².